The molecule has 0 saturated heterocycles. The number of carboxylic acids is 1. The molecule has 1 aliphatic heterocycles. The van der Waals surface area contributed by atoms with Gasteiger partial charge in [0, 0.05) is 23.2 Å². The van der Waals surface area contributed by atoms with Crippen LogP contribution in [-0.4, -0.2) is 23.0 Å². The minimum Gasteiger partial charge on any atom is -0.489 e. The van der Waals surface area contributed by atoms with Crippen LogP contribution in [-0.2, 0) is 17.6 Å². The van der Waals surface area contributed by atoms with Crippen LogP contribution in [0.15, 0.2) is 72.8 Å². The van der Waals surface area contributed by atoms with Crippen molar-refractivity contribution in [3.05, 3.63) is 95.1 Å². The van der Waals surface area contributed by atoms with Crippen molar-refractivity contribution >= 4 is 17.6 Å². The first kappa shape index (κ1) is 23.4. The number of rotatable bonds is 6. The quantitative estimate of drug-likeness (QED) is 0.489. The molecule has 0 spiro atoms. The fourth-order valence-electron chi connectivity index (χ4n) is 4.24. The van der Waals surface area contributed by atoms with E-state index in [1.807, 2.05) is 30.3 Å². The molecule has 0 saturated carbocycles. The fraction of sp³-hybridized carbons (Fsp3) is 0.231. The van der Waals surface area contributed by atoms with E-state index in [0.717, 1.165) is 29.8 Å². The Labute approximate surface area is 194 Å². The molecule has 176 valence electrons. The molecule has 1 heterocycles. The van der Waals surface area contributed by atoms with Gasteiger partial charge in [0.05, 0.1) is 12.0 Å². The number of fused-ring (bicyclic) bond motifs is 1. The normalized spacial score (nSPS) is 17.4. The number of hydrogen-bond donors (Lipinski definition) is 1. The molecule has 1 amide bonds. The Balaban J connectivity index is 1.63. The lowest BCUT2D eigenvalue weighted by Gasteiger charge is -2.25. The van der Waals surface area contributed by atoms with E-state index in [1.54, 1.807) is 25.1 Å². The van der Waals surface area contributed by atoms with Gasteiger partial charge in [-0.05, 0) is 60.5 Å². The Morgan fingerprint density at radius 2 is 1.68 bits per heavy atom. The van der Waals surface area contributed by atoms with Crippen molar-refractivity contribution in [3.8, 4) is 5.75 Å². The molecule has 0 radical (unpaired) electrons. The summed E-state index contributed by atoms with van der Waals surface area (Å²) in [5.41, 5.74) is 1.39. The molecule has 1 aliphatic rings. The first-order valence-corrected chi connectivity index (χ1v) is 10.7. The van der Waals surface area contributed by atoms with E-state index in [2.05, 4.69) is 0 Å². The minimum atomic E-state index is -4.50. The Morgan fingerprint density at radius 1 is 1.00 bits per heavy atom. The second-order valence-electron chi connectivity index (χ2n) is 8.19. The van der Waals surface area contributed by atoms with E-state index in [0.29, 0.717) is 23.6 Å². The van der Waals surface area contributed by atoms with Crippen LogP contribution in [0, 0.1) is 0 Å². The van der Waals surface area contributed by atoms with Gasteiger partial charge in [-0.1, -0.05) is 30.3 Å². The van der Waals surface area contributed by atoms with Crippen LogP contribution < -0.4 is 9.64 Å². The number of anilines is 1. The van der Waals surface area contributed by atoms with Crippen molar-refractivity contribution < 1.29 is 32.6 Å². The summed E-state index contributed by atoms with van der Waals surface area (Å²) in [5.74, 6) is -1.46. The van der Waals surface area contributed by atoms with Gasteiger partial charge < -0.3 is 14.7 Å². The predicted octanol–water partition coefficient (Wildman–Crippen LogP) is 5.89. The lowest BCUT2D eigenvalue weighted by atomic mass is 9.92. The summed E-state index contributed by atoms with van der Waals surface area (Å²) in [6.45, 7) is 2.06. The maximum atomic E-state index is 13.3. The van der Waals surface area contributed by atoms with Crippen LogP contribution in [0.4, 0.5) is 18.9 Å². The van der Waals surface area contributed by atoms with Crippen LogP contribution in [0.2, 0.25) is 0 Å². The average molecular weight is 469 g/mol. The fourth-order valence-corrected chi connectivity index (χ4v) is 4.24. The minimum absolute atomic E-state index is 0.0891. The van der Waals surface area contributed by atoms with Gasteiger partial charge >= 0.3 is 12.1 Å². The standard InChI is InChI=1S/C26H22F3NO4/c1-16-21(14-24(31)32)22-13-20(34-15-17-5-3-2-4-6-17)11-12-23(22)30(16)25(33)18-7-9-19(10-8-18)26(27,28)29/h2-13,16,21H,14-15H2,1H3,(H,31,32). The molecule has 1 N–H and O–H groups in total. The van der Waals surface area contributed by atoms with Gasteiger partial charge in [0.1, 0.15) is 12.4 Å². The van der Waals surface area contributed by atoms with Gasteiger partial charge in [-0.2, -0.15) is 13.2 Å². The number of ether oxygens (including phenoxy) is 1. The predicted molar refractivity (Wildman–Crippen MR) is 120 cm³/mol. The Morgan fingerprint density at radius 3 is 2.29 bits per heavy atom. The molecule has 4 rings (SSSR count). The Kier molecular flexibility index (Phi) is 6.32. The highest BCUT2D eigenvalue weighted by molar-refractivity contribution is 6.08. The summed E-state index contributed by atoms with van der Waals surface area (Å²) in [6.07, 6.45) is -4.70. The number of halogens is 3. The molecule has 2 unspecified atom stereocenters. The highest BCUT2D eigenvalue weighted by Gasteiger charge is 2.41. The van der Waals surface area contributed by atoms with Gasteiger partial charge in [-0.3, -0.25) is 9.59 Å². The van der Waals surface area contributed by atoms with Gasteiger partial charge in [0.2, 0.25) is 0 Å². The number of hydrogen-bond acceptors (Lipinski definition) is 3. The summed E-state index contributed by atoms with van der Waals surface area (Å²) in [4.78, 5) is 26.3. The van der Waals surface area contributed by atoms with Crippen molar-refractivity contribution in [2.45, 2.75) is 38.1 Å². The van der Waals surface area contributed by atoms with E-state index in [-0.39, 0.29) is 12.0 Å². The second kappa shape index (κ2) is 9.21. The van der Waals surface area contributed by atoms with Crippen molar-refractivity contribution in [3.63, 3.8) is 0 Å². The Bertz CT molecular complexity index is 1190. The number of nitrogens with zero attached hydrogens (tertiary/aromatic N) is 1. The van der Waals surface area contributed by atoms with Crippen LogP contribution in [0.1, 0.15) is 46.3 Å². The summed E-state index contributed by atoms with van der Waals surface area (Å²) >= 11 is 0. The zero-order valence-corrected chi connectivity index (χ0v) is 18.3. The van der Waals surface area contributed by atoms with Crippen LogP contribution >= 0.6 is 0 Å². The second-order valence-corrected chi connectivity index (χ2v) is 8.19. The SMILES string of the molecule is CC1C(CC(=O)O)c2cc(OCc3ccccc3)ccc2N1C(=O)c1ccc(C(F)(F)F)cc1. The van der Waals surface area contributed by atoms with Gasteiger partial charge in [0.15, 0.2) is 0 Å². The van der Waals surface area contributed by atoms with Crippen LogP contribution in [0.25, 0.3) is 0 Å². The van der Waals surface area contributed by atoms with E-state index in [1.165, 1.54) is 4.90 Å². The van der Waals surface area contributed by atoms with E-state index >= 15 is 0 Å². The molecular weight excluding hydrogens is 447 g/mol. The third-order valence-electron chi connectivity index (χ3n) is 5.97. The molecule has 3 aromatic carbocycles. The summed E-state index contributed by atoms with van der Waals surface area (Å²) in [5, 5.41) is 9.45. The van der Waals surface area contributed by atoms with E-state index in [9.17, 15) is 27.9 Å². The number of aliphatic carboxylic acids is 1. The number of carboxylic acid groups (broad SMARTS) is 1. The van der Waals surface area contributed by atoms with Gasteiger partial charge in [0.25, 0.3) is 5.91 Å². The van der Waals surface area contributed by atoms with Crippen molar-refractivity contribution in [2.24, 2.45) is 0 Å². The maximum Gasteiger partial charge on any atom is 0.416 e. The Hall–Kier alpha value is -3.81. The molecule has 0 fully saturated rings. The van der Waals surface area contributed by atoms with E-state index in [4.69, 9.17) is 4.74 Å². The summed E-state index contributed by atoms with van der Waals surface area (Å²) in [7, 11) is 0. The molecule has 0 bridgehead atoms. The lowest BCUT2D eigenvalue weighted by Crippen LogP contribution is -2.37. The molecule has 3 aromatic rings. The number of benzene rings is 3. The molecule has 0 aliphatic carbocycles. The van der Waals surface area contributed by atoms with Crippen molar-refractivity contribution in [2.75, 3.05) is 4.90 Å². The molecule has 5 nitrogen and oxygen atoms in total. The third-order valence-corrected chi connectivity index (χ3v) is 5.97. The first-order chi connectivity index (χ1) is 16.1. The van der Waals surface area contributed by atoms with Gasteiger partial charge in [-0.25, -0.2) is 0 Å². The number of carbonyl (C=O) groups excluding carboxylic acids is 1. The molecule has 8 heteroatoms. The number of alkyl halides is 3. The van der Waals surface area contributed by atoms with Gasteiger partial charge in [-0.15, -0.1) is 0 Å². The topological polar surface area (TPSA) is 66.8 Å². The van der Waals surface area contributed by atoms with Crippen molar-refractivity contribution in [1.29, 1.82) is 0 Å². The van der Waals surface area contributed by atoms with Crippen molar-refractivity contribution in [1.82, 2.24) is 0 Å². The zero-order valence-electron chi connectivity index (χ0n) is 18.3. The highest BCUT2D eigenvalue weighted by Crippen LogP contribution is 2.45. The van der Waals surface area contributed by atoms with Crippen LogP contribution in [0.5, 0.6) is 5.75 Å². The number of amides is 1. The lowest BCUT2D eigenvalue weighted by molar-refractivity contribution is -0.138. The highest BCUT2D eigenvalue weighted by atomic mass is 19.4. The van der Waals surface area contributed by atoms with E-state index < -0.39 is 35.6 Å². The largest absolute Gasteiger partial charge is 0.489 e. The molecule has 0 aromatic heterocycles. The average Bonchev–Trinajstić information content (AvgIpc) is 3.07. The van der Waals surface area contributed by atoms with Crippen LogP contribution in [0.3, 0.4) is 0 Å². The number of carbonyl (C=O) groups is 2. The smallest absolute Gasteiger partial charge is 0.416 e. The summed E-state index contributed by atoms with van der Waals surface area (Å²) < 4.78 is 44.6. The first-order valence-electron chi connectivity index (χ1n) is 10.7. The third kappa shape index (κ3) is 4.76. The maximum absolute atomic E-state index is 13.3. The zero-order chi connectivity index (χ0) is 24.5. The molecule has 34 heavy (non-hydrogen) atoms. The monoisotopic (exact) mass is 469 g/mol. The summed E-state index contributed by atoms with van der Waals surface area (Å²) in [6, 6.07) is 18.2. The molecular formula is C26H22F3NO4. The molecule has 2 atom stereocenters.